The molecule has 2 aromatic heterocycles. The first-order chi connectivity index (χ1) is 10.6. The molecular formula is C17H20N4O. The average Bonchev–Trinajstić information content (AvgIpc) is 2.74. The smallest absolute Gasteiger partial charge is 0.146 e. The molecule has 0 aliphatic carbocycles. The second kappa shape index (κ2) is 5.77. The van der Waals surface area contributed by atoms with Gasteiger partial charge in [0, 0.05) is 17.9 Å². The van der Waals surface area contributed by atoms with Gasteiger partial charge in [0.15, 0.2) is 0 Å². The first-order valence-electron chi connectivity index (χ1n) is 7.36. The number of aromatic nitrogens is 3. The molecule has 2 heterocycles. The molecule has 1 aromatic carbocycles. The molecule has 0 radical (unpaired) electrons. The molecule has 0 saturated carbocycles. The predicted octanol–water partition coefficient (Wildman–Crippen LogP) is 3.09. The molecule has 0 spiro atoms. The second-order valence-electron chi connectivity index (χ2n) is 5.50. The molecule has 0 aliphatic heterocycles. The van der Waals surface area contributed by atoms with Gasteiger partial charge in [-0.1, -0.05) is 12.1 Å². The number of hydrogen-bond donors (Lipinski definition) is 2. The Balaban J connectivity index is 2.13. The van der Waals surface area contributed by atoms with Crippen molar-refractivity contribution in [2.75, 3.05) is 11.9 Å². The van der Waals surface area contributed by atoms with Gasteiger partial charge >= 0.3 is 0 Å². The molecule has 0 unspecified atom stereocenters. The van der Waals surface area contributed by atoms with E-state index in [1.807, 2.05) is 23.6 Å². The SMILES string of the molecule is Cc1cccc(Nc2ncnc3c2c(C)c(C)n3CCO)c1. The van der Waals surface area contributed by atoms with Gasteiger partial charge in [-0.25, -0.2) is 9.97 Å². The van der Waals surface area contributed by atoms with Crippen LogP contribution in [0, 0.1) is 20.8 Å². The molecule has 0 fully saturated rings. The summed E-state index contributed by atoms with van der Waals surface area (Å²) in [6.07, 6.45) is 1.56. The molecule has 0 atom stereocenters. The third-order valence-electron chi connectivity index (χ3n) is 4.01. The van der Waals surface area contributed by atoms with Crippen molar-refractivity contribution in [1.29, 1.82) is 0 Å². The monoisotopic (exact) mass is 296 g/mol. The highest BCUT2D eigenvalue weighted by Gasteiger charge is 2.16. The van der Waals surface area contributed by atoms with Crippen LogP contribution in [0.15, 0.2) is 30.6 Å². The third-order valence-corrected chi connectivity index (χ3v) is 4.01. The Hall–Kier alpha value is -2.40. The summed E-state index contributed by atoms with van der Waals surface area (Å²) >= 11 is 0. The van der Waals surface area contributed by atoms with E-state index in [1.54, 1.807) is 6.33 Å². The van der Waals surface area contributed by atoms with Crippen molar-refractivity contribution in [1.82, 2.24) is 14.5 Å². The topological polar surface area (TPSA) is 63.0 Å². The van der Waals surface area contributed by atoms with E-state index in [0.29, 0.717) is 6.54 Å². The summed E-state index contributed by atoms with van der Waals surface area (Å²) in [7, 11) is 0. The van der Waals surface area contributed by atoms with E-state index >= 15 is 0 Å². The molecule has 5 nitrogen and oxygen atoms in total. The maximum absolute atomic E-state index is 9.27. The normalized spacial score (nSPS) is 11.1. The highest BCUT2D eigenvalue weighted by molar-refractivity contribution is 5.93. The fourth-order valence-corrected chi connectivity index (χ4v) is 2.80. The van der Waals surface area contributed by atoms with Crippen LogP contribution in [0.4, 0.5) is 11.5 Å². The van der Waals surface area contributed by atoms with Gasteiger partial charge in [0.25, 0.3) is 0 Å². The fourth-order valence-electron chi connectivity index (χ4n) is 2.80. The summed E-state index contributed by atoms with van der Waals surface area (Å²) in [6, 6.07) is 8.19. The van der Waals surface area contributed by atoms with Gasteiger partial charge in [-0.2, -0.15) is 0 Å². The van der Waals surface area contributed by atoms with Crippen LogP contribution in [0.5, 0.6) is 0 Å². The molecular weight excluding hydrogens is 276 g/mol. The molecule has 3 rings (SSSR count). The van der Waals surface area contributed by atoms with Crippen molar-refractivity contribution >= 4 is 22.5 Å². The first-order valence-corrected chi connectivity index (χ1v) is 7.36. The Morgan fingerprint density at radius 2 is 2.00 bits per heavy atom. The number of fused-ring (bicyclic) bond motifs is 1. The van der Waals surface area contributed by atoms with E-state index < -0.39 is 0 Å². The van der Waals surface area contributed by atoms with Gasteiger partial charge in [0.05, 0.1) is 12.0 Å². The highest BCUT2D eigenvalue weighted by Crippen LogP contribution is 2.30. The van der Waals surface area contributed by atoms with Crippen LogP contribution in [0.3, 0.4) is 0 Å². The van der Waals surface area contributed by atoms with Crippen molar-refractivity contribution < 1.29 is 5.11 Å². The standard InChI is InChI=1S/C17H20N4O/c1-11-5-4-6-14(9-11)20-16-15-12(2)13(3)21(7-8-22)17(15)19-10-18-16/h4-6,9-10,22H,7-8H2,1-3H3,(H,18,19,20). The zero-order valence-electron chi connectivity index (χ0n) is 13.1. The van der Waals surface area contributed by atoms with E-state index in [0.717, 1.165) is 33.8 Å². The number of aryl methyl sites for hydroxylation is 2. The second-order valence-corrected chi connectivity index (χ2v) is 5.50. The lowest BCUT2D eigenvalue weighted by molar-refractivity contribution is 0.276. The van der Waals surface area contributed by atoms with Crippen molar-refractivity contribution in [2.45, 2.75) is 27.3 Å². The summed E-state index contributed by atoms with van der Waals surface area (Å²) in [5, 5.41) is 13.7. The lowest BCUT2D eigenvalue weighted by atomic mass is 10.2. The molecule has 2 N–H and O–H groups in total. The van der Waals surface area contributed by atoms with E-state index in [9.17, 15) is 5.11 Å². The number of benzene rings is 1. The third kappa shape index (κ3) is 2.44. The van der Waals surface area contributed by atoms with Gasteiger partial charge in [-0.05, 0) is 44.0 Å². The van der Waals surface area contributed by atoms with Crippen LogP contribution in [-0.4, -0.2) is 26.2 Å². The summed E-state index contributed by atoms with van der Waals surface area (Å²) in [6.45, 7) is 6.80. The minimum Gasteiger partial charge on any atom is -0.395 e. The predicted molar refractivity (Wildman–Crippen MR) is 88.5 cm³/mol. The Morgan fingerprint density at radius 1 is 1.18 bits per heavy atom. The first kappa shape index (κ1) is 14.5. The maximum atomic E-state index is 9.27. The minimum atomic E-state index is 0.0920. The number of aliphatic hydroxyl groups is 1. The number of nitrogens with one attached hydrogen (secondary N) is 1. The number of aliphatic hydroxyl groups excluding tert-OH is 1. The van der Waals surface area contributed by atoms with E-state index in [2.05, 4.69) is 41.3 Å². The van der Waals surface area contributed by atoms with E-state index in [4.69, 9.17) is 0 Å². The Labute approximate surface area is 129 Å². The molecule has 22 heavy (non-hydrogen) atoms. The quantitative estimate of drug-likeness (QED) is 0.776. The van der Waals surface area contributed by atoms with Crippen molar-refractivity contribution in [2.24, 2.45) is 0 Å². The molecule has 0 bridgehead atoms. The minimum absolute atomic E-state index is 0.0920. The van der Waals surface area contributed by atoms with Crippen LogP contribution in [-0.2, 0) is 6.54 Å². The average molecular weight is 296 g/mol. The number of anilines is 2. The van der Waals surface area contributed by atoms with Crippen molar-refractivity contribution in [3.63, 3.8) is 0 Å². The van der Waals surface area contributed by atoms with Crippen LogP contribution in [0.2, 0.25) is 0 Å². The van der Waals surface area contributed by atoms with Crippen LogP contribution < -0.4 is 5.32 Å². The number of hydrogen-bond acceptors (Lipinski definition) is 4. The lowest BCUT2D eigenvalue weighted by Crippen LogP contribution is -2.05. The lowest BCUT2D eigenvalue weighted by Gasteiger charge is -2.08. The largest absolute Gasteiger partial charge is 0.395 e. The van der Waals surface area contributed by atoms with Crippen LogP contribution >= 0.6 is 0 Å². The Kier molecular flexibility index (Phi) is 3.81. The van der Waals surface area contributed by atoms with Gasteiger partial charge in [-0.15, -0.1) is 0 Å². The van der Waals surface area contributed by atoms with E-state index in [1.165, 1.54) is 5.56 Å². The molecule has 3 aromatic rings. The van der Waals surface area contributed by atoms with Gasteiger partial charge in [0.1, 0.15) is 17.8 Å². The number of nitrogens with zero attached hydrogens (tertiary/aromatic N) is 3. The highest BCUT2D eigenvalue weighted by atomic mass is 16.3. The van der Waals surface area contributed by atoms with Crippen molar-refractivity contribution in [3.8, 4) is 0 Å². The fraction of sp³-hybridized carbons (Fsp3) is 0.294. The molecule has 0 amide bonds. The molecule has 0 aliphatic rings. The zero-order valence-corrected chi connectivity index (χ0v) is 13.1. The molecule has 0 saturated heterocycles. The van der Waals surface area contributed by atoms with E-state index in [-0.39, 0.29) is 6.61 Å². The molecule has 114 valence electrons. The summed E-state index contributed by atoms with van der Waals surface area (Å²) < 4.78 is 2.04. The maximum Gasteiger partial charge on any atom is 0.146 e. The van der Waals surface area contributed by atoms with Crippen molar-refractivity contribution in [3.05, 3.63) is 47.4 Å². The van der Waals surface area contributed by atoms with Crippen LogP contribution in [0.25, 0.3) is 11.0 Å². The summed E-state index contributed by atoms with van der Waals surface area (Å²) in [4.78, 5) is 8.81. The van der Waals surface area contributed by atoms with Gasteiger partial charge < -0.3 is 15.0 Å². The summed E-state index contributed by atoms with van der Waals surface area (Å²) in [5.41, 5.74) is 5.30. The van der Waals surface area contributed by atoms with Gasteiger partial charge in [0.2, 0.25) is 0 Å². The Morgan fingerprint density at radius 3 is 2.73 bits per heavy atom. The van der Waals surface area contributed by atoms with Crippen LogP contribution in [0.1, 0.15) is 16.8 Å². The zero-order chi connectivity index (χ0) is 15.7. The Bertz CT molecular complexity index is 823. The summed E-state index contributed by atoms with van der Waals surface area (Å²) in [5.74, 6) is 0.799. The van der Waals surface area contributed by atoms with Gasteiger partial charge in [-0.3, -0.25) is 0 Å². The molecule has 5 heteroatoms. The number of rotatable bonds is 4.